The molecule has 1 unspecified atom stereocenters. The fourth-order valence-corrected chi connectivity index (χ4v) is 2.88. The Balaban J connectivity index is 1.68. The van der Waals surface area contributed by atoms with E-state index in [-0.39, 0.29) is 0 Å². The van der Waals surface area contributed by atoms with Gasteiger partial charge in [-0.25, -0.2) is 0 Å². The second-order valence-electron chi connectivity index (χ2n) is 5.81. The summed E-state index contributed by atoms with van der Waals surface area (Å²) >= 11 is 0. The molecule has 2 aliphatic rings. The molecule has 1 aromatic rings. The second kappa shape index (κ2) is 4.43. The van der Waals surface area contributed by atoms with Crippen molar-refractivity contribution in [1.82, 2.24) is 5.32 Å². The number of fused-ring (bicyclic) bond motifs is 1. The number of ether oxygens (including phenoxy) is 1. The molecule has 0 saturated heterocycles. The molecule has 1 fully saturated rings. The van der Waals surface area contributed by atoms with Gasteiger partial charge in [0.15, 0.2) is 0 Å². The van der Waals surface area contributed by atoms with Gasteiger partial charge in [-0.1, -0.05) is 37.6 Å². The first-order valence-electron chi connectivity index (χ1n) is 6.66. The van der Waals surface area contributed by atoms with Crippen LogP contribution in [0.3, 0.4) is 0 Å². The van der Waals surface area contributed by atoms with Crippen molar-refractivity contribution in [2.24, 2.45) is 5.41 Å². The topological polar surface area (TPSA) is 21.3 Å². The van der Waals surface area contributed by atoms with Crippen LogP contribution in [0.2, 0.25) is 0 Å². The highest BCUT2D eigenvalue weighted by atomic mass is 16.5. The van der Waals surface area contributed by atoms with E-state index in [0.29, 0.717) is 11.5 Å². The number of rotatable bonds is 3. The summed E-state index contributed by atoms with van der Waals surface area (Å²) in [5.41, 5.74) is 3.31. The first-order valence-corrected chi connectivity index (χ1v) is 6.66. The van der Waals surface area contributed by atoms with Crippen LogP contribution in [0.4, 0.5) is 0 Å². The summed E-state index contributed by atoms with van der Waals surface area (Å²) in [6, 6.07) is 9.02. The zero-order valence-electron chi connectivity index (χ0n) is 10.5. The lowest BCUT2D eigenvalue weighted by Crippen LogP contribution is -2.41. The van der Waals surface area contributed by atoms with Gasteiger partial charge in [0.1, 0.15) is 0 Å². The molecule has 1 aromatic carbocycles. The van der Waals surface area contributed by atoms with Crippen molar-refractivity contribution in [2.75, 3.05) is 13.2 Å². The molecular weight excluding hydrogens is 210 g/mol. The summed E-state index contributed by atoms with van der Waals surface area (Å²) in [5.74, 6) is 0. The fraction of sp³-hybridized carbons (Fsp3) is 0.600. The maximum absolute atomic E-state index is 5.66. The van der Waals surface area contributed by atoms with E-state index in [4.69, 9.17) is 4.74 Å². The average molecular weight is 231 g/mol. The van der Waals surface area contributed by atoms with Crippen LogP contribution >= 0.6 is 0 Å². The third-order valence-corrected chi connectivity index (χ3v) is 4.31. The van der Waals surface area contributed by atoms with Gasteiger partial charge in [0, 0.05) is 6.54 Å². The summed E-state index contributed by atoms with van der Waals surface area (Å²) in [6.45, 7) is 5.09. The highest BCUT2D eigenvalue weighted by Crippen LogP contribution is 2.40. The van der Waals surface area contributed by atoms with Crippen molar-refractivity contribution in [2.45, 2.75) is 38.8 Å². The van der Waals surface area contributed by atoms with Crippen LogP contribution in [0.15, 0.2) is 24.3 Å². The van der Waals surface area contributed by atoms with Gasteiger partial charge in [-0.2, -0.15) is 0 Å². The van der Waals surface area contributed by atoms with E-state index >= 15 is 0 Å². The third-order valence-electron chi connectivity index (χ3n) is 4.31. The van der Waals surface area contributed by atoms with Gasteiger partial charge in [-0.05, 0) is 29.4 Å². The minimum Gasteiger partial charge on any atom is -0.375 e. The molecule has 1 N–H and O–H groups in total. The van der Waals surface area contributed by atoms with Crippen molar-refractivity contribution < 1.29 is 4.74 Å². The molecule has 92 valence electrons. The monoisotopic (exact) mass is 231 g/mol. The van der Waals surface area contributed by atoms with Crippen LogP contribution in [-0.4, -0.2) is 13.2 Å². The fourth-order valence-electron chi connectivity index (χ4n) is 2.88. The van der Waals surface area contributed by atoms with Gasteiger partial charge in [0.05, 0.1) is 19.3 Å². The Morgan fingerprint density at radius 3 is 2.94 bits per heavy atom. The van der Waals surface area contributed by atoms with Crippen molar-refractivity contribution >= 4 is 0 Å². The molecule has 1 aliphatic carbocycles. The number of hydrogen-bond acceptors (Lipinski definition) is 2. The van der Waals surface area contributed by atoms with E-state index in [1.54, 1.807) is 0 Å². The van der Waals surface area contributed by atoms with Crippen molar-refractivity contribution in [3.63, 3.8) is 0 Å². The van der Waals surface area contributed by atoms with E-state index in [0.717, 1.165) is 19.8 Å². The quantitative estimate of drug-likeness (QED) is 0.863. The zero-order chi connectivity index (χ0) is 11.7. The summed E-state index contributed by atoms with van der Waals surface area (Å²) < 4.78 is 5.66. The Morgan fingerprint density at radius 1 is 1.35 bits per heavy atom. The molecule has 0 aromatic heterocycles. The molecule has 3 rings (SSSR count). The van der Waals surface area contributed by atoms with E-state index in [1.807, 2.05) is 0 Å². The average Bonchev–Trinajstić information content (AvgIpc) is 2.34. The Bertz CT molecular complexity index is 398. The SMILES string of the molecule is CC1(CNC2COCc3ccccc32)CCC1. The summed E-state index contributed by atoms with van der Waals surface area (Å²) in [4.78, 5) is 0. The van der Waals surface area contributed by atoms with Gasteiger partial charge in [0.25, 0.3) is 0 Å². The second-order valence-corrected chi connectivity index (χ2v) is 5.81. The molecule has 1 aliphatic heterocycles. The Morgan fingerprint density at radius 2 is 2.18 bits per heavy atom. The number of nitrogens with one attached hydrogen (secondary N) is 1. The summed E-state index contributed by atoms with van der Waals surface area (Å²) in [7, 11) is 0. The van der Waals surface area contributed by atoms with Crippen molar-refractivity contribution in [3.8, 4) is 0 Å². The van der Waals surface area contributed by atoms with Crippen LogP contribution in [-0.2, 0) is 11.3 Å². The molecule has 0 amide bonds. The number of hydrogen-bond donors (Lipinski definition) is 1. The molecule has 2 nitrogen and oxygen atoms in total. The van der Waals surface area contributed by atoms with Gasteiger partial charge in [0.2, 0.25) is 0 Å². The lowest BCUT2D eigenvalue weighted by Gasteiger charge is -2.40. The first kappa shape index (κ1) is 11.2. The van der Waals surface area contributed by atoms with Crippen LogP contribution in [0.5, 0.6) is 0 Å². The van der Waals surface area contributed by atoms with Crippen LogP contribution < -0.4 is 5.32 Å². The Hall–Kier alpha value is -0.860. The van der Waals surface area contributed by atoms with Crippen LogP contribution in [0.25, 0.3) is 0 Å². The summed E-state index contributed by atoms with van der Waals surface area (Å²) in [5, 5.41) is 3.70. The number of benzene rings is 1. The smallest absolute Gasteiger partial charge is 0.0721 e. The molecule has 0 bridgehead atoms. The highest BCUT2D eigenvalue weighted by Gasteiger charge is 2.32. The maximum Gasteiger partial charge on any atom is 0.0721 e. The Kier molecular flexibility index (Phi) is 2.93. The van der Waals surface area contributed by atoms with E-state index in [1.165, 1.54) is 30.4 Å². The highest BCUT2D eigenvalue weighted by molar-refractivity contribution is 5.31. The molecular formula is C15H21NO. The molecule has 1 atom stereocenters. The molecule has 0 spiro atoms. The van der Waals surface area contributed by atoms with E-state index < -0.39 is 0 Å². The molecule has 17 heavy (non-hydrogen) atoms. The zero-order valence-corrected chi connectivity index (χ0v) is 10.5. The maximum atomic E-state index is 5.66. The minimum absolute atomic E-state index is 0.386. The van der Waals surface area contributed by atoms with Crippen LogP contribution in [0.1, 0.15) is 43.4 Å². The Labute approximate surface area is 103 Å². The molecule has 1 heterocycles. The van der Waals surface area contributed by atoms with Gasteiger partial charge < -0.3 is 10.1 Å². The lowest BCUT2D eigenvalue weighted by atomic mass is 9.70. The predicted octanol–water partition coefficient (Wildman–Crippen LogP) is 3.04. The largest absolute Gasteiger partial charge is 0.375 e. The standard InChI is InChI=1S/C15H21NO/c1-15(7-4-8-15)11-16-14-10-17-9-12-5-2-3-6-13(12)14/h2-3,5-6,14,16H,4,7-11H2,1H3. The molecule has 1 saturated carbocycles. The minimum atomic E-state index is 0.386. The van der Waals surface area contributed by atoms with Crippen LogP contribution in [0, 0.1) is 5.41 Å². The lowest BCUT2D eigenvalue weighted by molar-refractivity contribution is 0.0707. The van der Waals surface area contributed by atoms with Gasteiger partial charge >= 0.3 is 0 Å². The van der Waals surface area contributed by atoms with Crippen molar-refractivity contribution in [1.29, 1.82) is 0 Å². The van der Waals surface area contributed by atoms with E-state index in [9.17, 15) is 0 Å². The van der Waals surface area contributed by atoms with Gasteiger partial charge in [-0.3, -0.25) is 0 Å². The molecule has 2 heteroatoms. The predicted molar refractivity (Wildman–Crippen MR) is 68.8 cm³/mol. The molecule has 0 radical (unpaired) electrons. The van der Waals surface area contributed by atoms with E-state index in [2.05, 4.69) is 36.5 Å². The van der Waals surface area contributed by atoms with Crippen molar-refractivity contribution in [3.05, 3.63) is 35.4 Å². The first-order chi connectivity index (χ1) is 8.27. The van der Waals surface area contributed by atoms with Gasteiger partial charge in [-0.15, -0.1) is 0 Å². The third kappa shape index (κ3) is 2.24. The normalized spacial score (nSPS) is 26.1. The summed E-state index contributed by atoms with van der Waals surface area (Å²) in [6.07, 6.45) is 4.14.